The summed E-state index contributed by atoms with van der Waals surface area (Å²) >= 11 is 0. The predicted octanol–water partition coefficient (Wildman–Crippen LogP) is 0.980. The Morgan fingerprint density at radius 1 is 1.32 bits per heavy atom. The zero-order chi connectivity index (χ0) is 18.2. The topological polar surface area (TPSA) is 95.9 Å². The number of rotatable bonds is 5. The summed E-state index contributed by atoms with van der Waals surface area (Å²) in [5.41, 5.74) is -0.379. The van der Waals surface area contributed by atoms with Crippen molar-refractivity contribution in [2.24, 2.45) is 5.92 Å². The second-order valence-corrected chi connectivity index (χ2v) is 8.66. The lowest BCUT2D eigenvalue weighted by atomic mass is 9.90. The maximum absolute atomic E-state index is 12.9. The number of ether oxygens (including phenoxy) is 1. The number of benzene rings is 1. The number of carbonyl (C=O) groups is 1. The van der Waals surface area contributed by atoms with E-state index in [1.54, 1.807) is 0 Å². The zero-order valence-corrected chi connectivity index (χ0v) is 15.3. The average Bonchev–Trinajstić information content (AvgIpc) is 3.39. The number of hydrogen-bond acceptors (Lipinski definition) is 5. The monoisotopic (exact) mass is 368 g/mol. The number of methoxy groups -OCH3 is 1. The predicted molar refractivity (Wildman–Crippen MR) is 92.1 cm³/mol. The van der Waals surface area contributed by atoms with Crippen LogP contribution >= 0.6 is 0 Å². The van der Waals surface area contributed by atoms with Gasteiger partial charge in [-0.05, 0) is 49.8 Å². The van der Waals surface area contributed by atoms with E-state index in [1.807, 2.05) is 0 Å². The molecule has 2 fully saturated rings. The number of carbonyl (C=O) groups excluding carboxylic acids is 1. The van der Waals surface area contributed by atoms with Gasteiger partial charge < -0.3 is 15.2 Å². The standard InChI is InChI=1S/C17H24N2O5S/c1-18-16(20)14-11-13(3-4-15(14)24-2)25(22,23)19-9-5-12(6-10-19)17(21)7-8-17/h3-4,11-12,21H,5-10H2,1-2H3,(H,18,20). The van der Waals surface area contributed by atoms with Crippen LogP contribution < -0.4 is 10.1 Å². The van der Waals surface area contributed by atoms with Gasteiger partial charge in [-0.2, -0.15) is 4.31 Å². The van der Waals surface area contributed by atoms with Gasteiger partial charge in [-0.15, -0.1) is 0 Å². The van der Waals surface area contributed by atoms with Gasteiger partial charge in [0, 0.05) is 20.1 Å². The van der Waals surface area contributed by atoms with Gasteiger partial charge in [0.2, 0.25) is 10.0 Å². The summed E-state index contributed by atoms with van der Waals surface area (Å²) in [6.07, 6.45) is 2.96. The first-order chi connectivity index (χ1) is 11.8. The van der Waals surface area contributed by atoms with Crippen molar-refractivity contribution >= 4 is 15.9 Å². The summed E-state index contributed by atoms with van der Waals surface area (Å²) < 4.78 is 32.4. The molecule has 1 aromatic rings. The lowest BCUT2D eigenvalue weighted by Crippen LogP contribution is -2.41. The minimum atomic E-state index is -3.68. The highest BCUT2D eigenvalue weighted by molar-refractivity contribution is 7.89. The van der Waals surface area contributed by atoms with E-state index in [2.05, 4.69) is 5.32 Å². The van der Waals surface area contributed by atoms with Crippen LogP contribution in [-0.2, 0) is 10.0 Å². The highest BCUT2D eigenvalue weighted by Gasteiger charge is 2.48. The second-order valence-electron chi connectivity index (χ2n) is 6.72. The van der Waals surface area contributed by atoms with E-state index in [0.29, 0.717) is 31.7 Å². The van der Waals surface area contributed by atoms with Crippen LogP contribution in [-0.4, -0.2) is 56.6 Å². The molecule has 0 unspecified atom stereocenters. The zero-order valence-electron chi connectivity index (χ0n) is 14.5. The molecule has 0 radical (unpaired) electrons. The maximum atomic E-state index is 12.9. The first kappa shape index (κ1) is 18.2. The normalized spacial score (nSPS) is 20.9. The minimum absolute atomic E-state index is 0.0792. The molecule has 1 amide bonds. The summed E-state index contributed by atoms with van der Waals surface area (Å²) in [6.45, 7) is 0.771. The highest BCUT2D eigenvalue weighted by atomic mass is 32.2. The first-order valence-corrected chi connectivity index (χ1v) is 9.88. The van der Waals surface area contributed by atoms with E-state index < -0.39 is 21.5 Å². The van der Waals surface area contributed by atoms with Crippen molar-refractivity contribution in [1.82, 2.24) is 9.62 Å². The van der Waals surface area contributed by atoms with Gasteiger partial charge in [-0.3, -0.25) is 4.79 Å². The first-order valence-electron chi connectivity index (χ1n) is 8.44. The van der Waals surface area contributed by atoms with Gasteiger partial charge in [-0.1, -0.05) is 0 Å². The molecule has 1 aromatic carbocycles. The van der Waals surface area contributed by atoms with Crippen LogP contribution in [0, 0.1) is 5.92 Å². The van der Waals surface area contributed by atoms with Crippen LogP contribution in [0.4, 0.5) is 0 Å². The van der Waals surface area contributed by atoms with Crippen molar-refractivity contribution in [1.29, 1.82) is 0 Å². The SMILES string of the molecule is CNC(=O)c1cc(S(=O)(=O)N2CCC(C3(O)CC3)CC2)ccc1OC. The number of hydrogen-bond donors (Lipinski definition) is 2. The molecule has 1 aliphatic carbocycles. The highest BCUT2D eigenvalue weighted by Crippen LogP contribution is 2.46. The van der Waals surface area contributed by atoms with Crippen LogP contribution in [0.3, 0.4) is 0 Å². The lowest BCUT2D eigenvalue weighted by Gasteiger charge is -2.33. The smallest absolute Gasteiger partial charge is 0.254 e. The largest absolute Gasteiger partial charge is 0.496 e. The maximum Gasteiger partial charge on any atom is 0.254 e. The van der Waals surface area contributed by atoms with E-state index in [0.717, 1.165) is 12.8 Å². The van der Waals surface area contributed by atoms with Crippen LogP contribution in [0.5, 0.6) is 5.75 Å². The Balaban J connectivity index is 1.81. The van der Waals surface area contributed by atoms with Gasteiger partial charge in [0.15, 0.2) is 0 Å². The molecule has 1 saturated heterocycles. The van der Waals surface area contributed by atoms with E-state index in [-0.39, 0.29) is 16.4 Å². The Bertz CT molecular complexity index is 765. The van der Waals surface area contributed by atoms with Crippen molar-refractivity contribution < 1.29 is 23.1 Å². The second kappa shape index (κ2) is 6.59. The molecule has 1 heterocycles. The molecule has 25 heavy (non-hydrogen) atoms. The molecule has 8 heteroatoms. The minimum Gasteiger partial charge on any atom is -0.496 e. The number of piperidine rings is 1. The molecule has 0 aromatic heterocycles. The summed E-state index contributed by atoms with van der Waals surface area (Å²) in [5.74, 6) is 0.104. The molecule has 138 valence electrons. The third kappa shape index (κ3) is 3.38. The fourth-order valence-corrected chi connectivity index (χ4v) is 4.98. The number of nitrogens with zero attached hydrogens (tertiary/aromatic N) is 1. The van der Waals surface area contributed by atoms with E-state index >= 15 is 0 Å². The quantitative estimate of drug-likeness (QED) is 0.808. The van der Waals surface area contributed by atoms with Gasteiger partial charge in [0.05, 0.1) is 23.2 Å². The Morgan fingerprint density at radius 2 is 1.96 bits per heavy atom. The summed E-state index contributed by atoms with van der Waals surface area (Å²) in [5, 5.41) is 12.7. The molecule has 2 N–H and O–H groups in total. The molecule has 1 aliphatic heterocycles. The molecular formula is C17H24N2O5S. The Hall–Kier alpha value is -1.64. The molecule has 0 spiro atoms. The third-order valence-corrected chi connectivity index (χ3v) is 7.15. The van der Waals surface area contributed by atoms with E-state index in [1.165, 1.54) is 36.7 Å². The van der Waals surface area contributed by atoms with E-state index in [9.17, 15) is 18.3 Å². The van der Waals surface area contributed by atoms with Gasteiger partial charge in [-0.25, -0.2) is 8.42 Å². The summed E-state index contributed by atoms with van der Waals surface area (Å²) in [4.78, 5) is 12.1. The van der Waals surface area contributed by atoms with Crippen molar-refractivity contribution in [3.8, 4) is 5.75 Å². The summed E-state index contributed by atoms with van der Waals surface area (Å²) in [7, 11) is -0.767. The number of aliphatic hydroxyl groups is 1. The summed E-state index contributed by atoms with van der Waals surface area (Å²) in [6, 6.07) is 4.31. The van der Waals surface area contributed by atoms with Crippen molar-refractivity contribution in [2.75, 3.05) is 27.2 Å². The Morgan fingerprint density at radius 3 is 2.48 bits per heavy atom. The van der Waals surface area contributed by atoms with Crippen LogP contribution in [0.25, 0.3) is 0 Å². The van der Waals surface area contributed by atoms with Crippen molar-refractivity contribution in [3.63, 3.8) is 0 Å². The van der Waals surface area contributed by atoms with Crippen LogP contribution in [0.1, 0.15) is 36.0 Å². The average molecular weight is 368 g/mol. The molecule has 2 aliphatic rings. The van der Waals surface area contributed by atoms with Crippen molar-refractivity contribution in [3.05, 3.63) is 23.8 Å². The van der Waals surface area contributed by atoms with Gasteiger partial charge >= 0.3 is 0 Å². The molecular weight excluding hydrogens is 344 g/mol. The molecule has 7 nitrogen and oxygen atoms in total. The molecule has 0 atom stereocenters. The molecule has 0 bridgehead atoms. The van der Waals surface area contributed by atoms with Gasteiger partial charge in [0.1, 0.15) is 5.75 Å². The molecule has 1 saturated carbocycles. The fourth-order valence-electron chi connectivity index (χ4n) is 3.48. The third-order valence-electron chi connectivity index (χ3n) is 5.26. The van der Waals surface area contributed by atoms with E-state index in [4.69, 9.17) is 4.74 Å². The number of sulfonamides is 1. The van der Waals surface area contributed by atoms with Crippen LogP contribution in [0.2, 0.25) is 0 Å². The van der Waals surface area contributed by atoms with Crippen molar-refractivity contribution in [2.45, 2.75) is 36.2 Å². The lowest BCUT2D eigenvalue weighted by molar-refractivity contribution is 0.0534. The van der Waals surface area contributed by atoms with Gasteiger partial charge in [0.25, 0.3) is 5.91 Å². The number of nitrogens with one attached hydrogen (secondary N) is 1. The number of amides is 1. The Labute approximate surface area is 148 Å². The van der Waals surface area contributed by atoms with Crippen LogP contribution in [0.15, 0.2) is 23.1 Å². The molecule has 3 rings (SSSR count). The Kier molecular flexibility index (Phi) is 4.78. The fraction of sp³-hybridized carbons (Fsp3) is 0.588.